The second-order valence-corrected chi connectivity index (χ2v) is 5.16. The van der Waals surface area contributed by atoms with Crippen LogP contribution in [0.15, 0.2) is 47.3 Å². The number of aromatic amines is 1. The van der Waals surface area contributed by atoms with Crippen molar-refractivity contribution in [1.82, 2.24) is 4.98 Å². The maximum absolute atomic E-state index is 12.2. The summed E-state index contributed by atoms with van der Waals surface area (Å²) in [5, 5.41) is 1.44. The Morgan fingerprint density at radius 1 is 0.900 bits per heavy atom. The Morgan fingerprint density at radius 2 is 1.55 bits per heavy atom. The Balaban J connectivity index is 2.33. The van der Waals surface area contributed by atoms with Crippen molar-refractivity contribution in [3.05, 3.63) is 63.9 Å². The SMILES string of the molecule is Cc1ccc(-c2[nH]c(=O)c3cc(C)ccc3c2N)cc1. The number of rotatable bonds is 1. The highest BCUT2D eigenvalue weighted by Gasteiger charge is 2.10. The lowest BCUT2D eigenvalue weighted by Crippen LogP contribution is -2.10. The van der Waals surface area contributed by atoms with E-state index in [4.69, 9.17) is 5.73 Å². The lowest BCUT2D eigenvalue weighted by atomic mass is 10.0. The standard InChI is InChI=1S/C17H16N2O/c1-10-3-6-12(7-4-10)16-15(18)13-8-5-11(2)9-14(13)17(20)19-16/h3-9H,18H2,1-2H3,(H,19,20). The Labute approximate surface area is 117 Å². The second kappa shape index (κ2) is 4.53. The summed E-state index contributed by atoms with van der Waals surface area (Å²) in [6.07, 6.45) is 0. The Bertz CT molecular complexity index is 845. The molecule has 0 bridgehead atoms. The minimum Gasteiger partial charge on any atom is -0.397 e. The molecule has 0 aliphatic rings. The van der Waals surface area contributed by atoms with E-state index in [9.17, 15) is 4.79 Å². The number of nitrogens with two attached hydrogens (primary N) is 1. The van der Waals surface area contributed by atoms with Crippen molar-refractivity contribution in [1.29, 1.82) is 0 Å². The van der Waals surface area contributed by atoms with Crippen LogP contribution in [0.4, 0.5) is 5.69 Å². The predicted octanol–water partition coefficient (Wildman–Crippen LogP) is 3.39. The first-order valence-corrected chi connectivity index (χ1v) is 6.55. The van der Waals surface area contributed by atoms with Crippen LogP contribution in [0.1, 0.15) is 11.1 Å². The fraction of sp³-hybridized carbons (Fsp3) is 0.118. The van der Waals surface area contributed by atoms with Gasteiger partial charge in [-0.25, -0.2) is 0 Å². The van der Waals surface area contributed by atoms with Crippen molar-refractivity contribution in [3.63, 3.8) is 0 Å². The van der Waals surface area contributed by atoms with Gasteiger partial charge in [-0.1, -0.05) is 47.5 Å². The second-order valence-electron chi connectivity index (χ2n) is 5.16. The van der Waals surface area contributed by atoms with Gasteiger partial charge in [-0.2, -0.15) is 0 Å². The van der Waals surface area contributed by atoms with Gasteiger partial charge in [0.15, 0.2) is 0 Å². The van der Waals surface area contributed by atoms with Crippen molar-refractivity contribution in [2.24, 2.45) is 0 Å². The first kappa shape index (κ1) is 12.5. The topological polar surface area (TPSA) is 58.9 Å². The summed E-state index contributed by atoms with van der Waals surface area (Å²) in [5.74, 6) is 0. The molecule has 0 aliphatic heterocycles. The highest BCUT2D eigenvalue weighted by molar-refractivity contribution is 5.98. The fourth-order valence-corrected chi connectivity index (χ4v) is 2.41. The van der Waals surface area contributed by atoms with E-state index in [1.54, 1.807) is 0 Å². The van der Waals surface area contributed by atoms with Gasteiger partial charge in [-0.15, -0.1) is 0 Å². The van der Waals surface area contributed by atoms with Crippen LogP contribution in [0.2, 0.25) is 0 Å². The number of nitrogens with one attached hydrogen (secondary N) is 1. The minimum absolute atomic E-state index is 0.103. The maximum atomic E-state index is 12.2. The molecule has 0 fully saturated rings. The molecule has 0 spiro atoms. The molecule has 3 nitrogen and oxygen atoms in total. The van der Waals surface area contributed by atoms with Gasteiger partial charge in [-0.3, -0.25) is 4.79 Å². The van der Waals surface area contributed by atoms with E-state index in [0.717, 1.165) is 16.5 Å². The molecule has 2 aromatic carbocycles. The van der Waals surface area contributed by atoms with E-state index in [2.05, 4.69) is 4.98 Å². The predicted molar refractivity (Wildman–Crippen MR) is 83.9 cm³/mol. The maximum Gasteiger partial charge on any atom is 0.256 e. The molecule has 3 rings (SSSR count). The number of pyridine rings is 1. The van der Waals surface area contributed by atoms with Gasteiger partial charge in [0.25, 0.3) is 5.56 Å². The Kier molecular flexibility index (Phi) is 2.83. The molecule has 1 heterocycles. The van der Waals surface area contributed by atoms with E-state index in [1.165, 1.54) is 5.56 Å². The van der Waals surface area contributed by atoms with Crippen molar-refractivity contribution >= 4 is 16.5 Å². The number of fused-ring (bicyclic) bond motifs is 1. The number of hydrogen-bond acceptors (Lipinski definition) is 2. The molecule has 20 heavy (non-hydrogen) atoms. The monoisotopic (exact) mass is 264 g/mol. The summed E-state index contributed by atoms with van der Waals surface area (Å²) in [5.41, 5.74) is 10.6. The quantitative estimate of drug-likeness (QED) is 0.707. The Hall–Kier alpha value is -2.55. The van der Waals surface area contributed by atoms with Crippen LogP contribution in [0.5, 0.6) is 0 Å². The molecule has 0 aliphatic carbocycles. The largest absolute Gasteiger partial charge is 0.397 e. The molecule has 1 aromatic heterocycles. The van der Waals surface area contributed by atoms with Gasteiger partial charge >= 0.3 is 0 Å². The fourth-order valence-electron chi connectivity index (χ4n) is 2.41. The van der Waals surface area contributed by atoms with E-state index in [-0.39, 0.29) is 5.56 Å². The molecular weight excluding hydrogens is 248 g/mol. The molecule has 100 valence electrons. The van der Waals surface area contributed by atoms with Gasteiger partial charge in [0.1, 0.15) is 0 Å². The first-order chi connectivity index (χ1) is 9.56. The third-order valence-electron chi connectivity index (χ3n) is 3.56. The number of nitrogen functional groups attached to an aromatic ring is 1. The average Bonchev–Trinajstić information content (AvgIpc) is 2.44. The molecule has 0 radical (unpaired) electrons. The molecule has 3 heteroatoms. The number of anilines is 1. The third kappa shape index (κ3) is 1.97. The Morgan fingerprint density at radius 3 is 2.25 bits per heavy atom. The van der Waals surface area contributed by atoms with Crippen LogP contribution >= 0.6 is 0 Å². The van der Waals surface area contributed by atoms with Crippen molar-refractivity contribution in [2.75, 3.05) is 5.73 Å². The molecule has 0 unspecified atom stereocenters. The van der Waals surface area contributed by atoms with Crippen LogP contribution in [0, 0.1) is 13.8 Å². The lowest BCUT2D eigenvalue weighted by molar-refractivity contribution is 1.27. The van der Waals surface area contributed by atoms with Crippen molar-refractivity contribution in [3.8, 4) is 11.3 Å². The first-order valence-electron chi connectivity index (χ1n) is 6.55. The van der Waals surface area contributed by atoms with Gasteiger partial charge in [0.2, 0.25) is 0 Å². The van der Waals surface area contributed by atoms with E-state index in [1.807, 2.05) is 56.3 Å². The number of aryl methyl sites for hydroxylation is 2. The zero-order chi connectivity index (χ0) is 14.3. The summed E-state index contributed by atoms with van der Waals surface area (Å²) >= 11 is 0. The van der Waals surface area contributed by atoms with Crippen molar-refractivity contribution < 1.29 is 0 Å². The average molecular weight is 264 g/mol. The van der Waals surface area contributed by atoms with Gasteiger partial charge in [0.05, 0.1) is 11.4 Å². The summed E-state index contributed by atoms with van der Waals surface area (Å²) in [6, 6.07) is 13.7. The van der Waals surface area contributed by atoms with Crippen LogP contribution < -0.4 is 11.3 Å². The zero-order valence-electron chi connectivity index (χ0n) is 11.5. The summed E-state index contributed by atoms with van der Waals surface area (Å²) < 4.78 is 0. The molecule has 0 saturated carbocycles. The molecule has 3 aromatic rings. The lowest BCUT2D eigenvalue weighted by Gasteiger charge is -2.10. The number of hydrogen-bond donors (Lipinski definition) is 2. The van der Waals surface area contributed by atoms with Gasteiger partial charge in [-0.05, 0) is 19.9 Å². The highest BCUT2D eigenvalue weighted by atomic mass is 16.1. The summed E-state index contributed by atoms with van der Waals surface area (Å²) in [7, 11) is 0. The van der Waals surface area contributed by atoms with Gasteiger partial charge in [0, 0.05) is 16.3 Å². The molecular formula is C17H16N2O. The van der Waals surface area contributed by atoms with E-state index >= 15 is 0 Å². The molecule has 0 saturated heterocycles. The van der Waals surface area contributed by atoms with Crippen LogP contribution in [0.25, 0.3) is 22.0 Å². The number of aromatic nitrogens is 1. The smallest absolute Gasteiger partial charge is 0.256 e. The van der Waals surface area contributed by atoms with E-state index < -0.39 is 0 Å². The summed E-state index contributed by atoms with van der Waals surface area (Å²) in [4.78, 5) is 15.1. The van der Waals surface area contributed by atoms with Crippen molar-refractivity contribution in [2.45, 2.75) is 13.8 Å². The van der Waals surface area contributed by atoms with Crippen LogP contribution in [0.3, 0.4) is 0 Å². The molecule has 0 atom stereocenters. The third-order valence-corrected chi connectivity index (χ3v) is 3.56. The zero-order valence-corrected chi connectivity index (χ0v) is 11.5. The normalized spacial score (nSPS) is 10.9. The highest BCUT2D eigenvalue weighted by Crippen LogP contribution is 2.29. The van der Waals surface area contributed by atoms with Crippen LogP contribution in [-0.4, -0.2) is 4.98 Å². The van der Waals surface area contributed by atoms with Gasteiger partial charge < -0.3 is 10.7 Å². The molecule has 3 N–H and O–H groups in total. The minimum atomic E-state index is -0.103. The molecule has 0 amide bonds. The summed E-state index contributed by atoms with van der Waals surface area (Å²) in [6.45, 7) is 3.99. The van der Waals surface area contributed by atoms with E-state index in [0.29, 0.717) is 16.8 Å². The number of benzene rings is 2. The van der Waals surface area contributed by atoms with Crippen LogP contribution in [-0.2, 0) is 0 Å². The number of H-pyrrole nitrogens is 1.